The molecule has 8 rings (SSSR count). The monoisotopic (exact) mass is 1310 g/mol. The number of hydrogen-bond donors (Lipinski definition) is 7. The van der Waals surface area contributed by atoms with Crippen molar-refractivity contribution in [1.29, 1.82) is 5.26 Å². The third-order valence-corrected chi connectivity index (χ3v) is 19.1. The lowest BCUT2D eigenvalue weighted by atomic mass is 10.1. The summed E-state index contributed by atoms with van der Waals surface area (Å²) < 4.78 is 216. The molecule has 7 N–H and O–H groups in total. The van der Waals surface area contributed by atoms with Gasteiger partial charge in [0.25, 0.3) is 60.7 Å². The highest BCUT2D eigenvalue weighted by Crippen LogP contribution is 2.46. The van der Waals surface area contributed by atoms with Gasteiger partial charge in [0.1, 0.15) is 55.5 Å². The summed E-state index contributed by atoms with van der Waals surface area (Å²) in [5.41, 5.74) is -0.233. The van der Waals surface area contributed by atoms with E-state index in [0.717, 1.165) is 34.4 Å². The molecule has 0 aliphatic carbocycles. The number of benzene rings is 5. The summed E-state index contributed by atoms with van der Waals surface area (Å²) >= 11 is 1.50. The number of imidazole rings is 1. The number of ether oxygens (including phenoxy) is 2. The van der Waals surface area contributed by atoms with Crippen LogP contribution >= 0.6 is 23.1 Å². The summed E-state index contributed by atoms with van der Waals surface area (Å²) in [6.45, 7) is 4.15. The smallest absolute Gasteiger partial charge is 0.296 e. The van der Waals surface area contributed by atoms with E-state index in [4.69, 9.17) is 9.47 Å². The summed E-state index contributed by atoms with van der Waals surface area (Å²) in [7, 11) is -28.1. The van der Waals surface area contributed by atoms with Gasteiger partial charge in [0.05, 0.1) is 56.4 Å². The fourth-order valence-corrected chi connectivity index (χ4v) is 13.8. The first-order chi connectivity index (χ1) is 39.0. The van der Waals surface area contributed by atoms with Crippen molar-refractivity contribution in [3.63, 3.8) is 0 Å². The van der Waals surface area contributed by atoms with Crippen LogP contribution in [0.5, 0.6) is 17.4 Å². The Hall–Kier alpha value is -7.30. The van der Waals surface area contributed by atoms with Crippen molar-refractivity contribution in [2.75, 3.05) is 31.0 Å². The van der Waals surface area contributed by atoms with E-state index >= 15 is 0 Å². The molecule has 3 aromatic heterocycles. The Morgan fingerprint density at radius 2 is 1.21 bits per heavy atom. The second-order valence-corrected chi connectivity index (χ2v) is 28.7. The first-order valence-corrected chi connectivity index (χ1v) is 33.9. The van der Waals surface area contributed by atoms with E-state index in [1.807, 2.05) is 6.07 Å². The largest absolute Gasteiger partial charge is 0.494 e. The number of rotatable bonds is 21. The topological polar surface area (TPSA) is 493 Å². The van der Waals surface area contributed by atoms with Crippen LogP contribution in [0.1, 0.15) is 35.1 Å². The predicted molar refractivity (Wildman–Crippen MR) is 300 cm³/mol. The molecule has 31 nitrogen and oxygen atoms in total. The summed E-state index contributed by atoms with van der Waals surface area (Å²) in [5, 5.41) is 46.2. The molecule has 0 amide bonds. The minimum Gasteiger partial charge on any atom is -0.494 e. The quantitative estimate of drug-likeness (QED) is 0.0153. The standard InChI is InChI=1S/C45H40N10O21S8/c1-21-12-30(50-53-40-23(3)28(20-46)43-47-39-22(2)11-24(81(63,64)65)14-33(39)55(43)44(40)56)35(76-7-5-9-79(57,58)59)17-29(21)49-52-32-18-34(75-4)31(19-36(32)77-8-6-10-80(60,61)62)51-54-45-48-41-38(84(72,73)74)16-26-27(42(41)78-45)13-25(82(66,67)68)15-37(26)83(69,70)71/h11-19,56H,5-10H2,1-4H3,(H,57,58,59)(H,60,61,62)(H,63,64,65)(H,66,67,68)(H,69,70,71)(H,72,73,74). The van der Waals surface area contributed by atoms with Gasteiger partial charge in [-0.2, -0.15) is 60.9 Å². The number of aromatic hydroxyl groups is 1. The SMILES string of the molecule is COc1cc(N=Nc2cc(OCCCS(=O)(=O)O)c(N=Nc3c(C)c(C#N)c4nc5c(C)cc(S(=O)(=O)O)cc5n4c3O)cc2C)c(SCCCS(=O)(=O)O)cc1N=Nc1nc2c(S(=O)(=O)O)cc3c(S(=O)(=O)O)cc(S(=O)(=O)O)cc3c2s1. The highest BCUT2D eigenvalue weighted by molar-refractivity contribution is 7.99. The average Bonchev–Trinajstić information content (AvgIpc) is 2.24. The summed E-state index contributed by atoms with van der Waals surface area (Å²) in [6, 6.07) is 11.3. The molecule has 84 heavy (non-hydrogen) atoms. The third kappa shape index (κ3) is 13.8. The summed E-state index contributed by atoms with van der Waals surface area (Å²) in [6.07, 6.45) is -0.332. The Morgan fingerprint density at radius 1 is 0.619 bits per heavy atom. The minimum atomic E-state index is -5.33. The second-order valence-electron chi connectivity index (χ2n) is 17.8. The number of hydrogen-bond acceptors (Lipinski definition) is 26. The maximum absolute atomic E-state index is 12.6. The van der Waals surface area contributed by atoms with Gasteiger partial charge in [-0.3, -0.25) is 31.7 Å². The van der Waals surface area contributed by atoms with Crippen molar-refractivity contribution in [3.05, 3.63) is 76.9 Å². The van der Waals surface area contributed by atoms with Gasteiger partial charge in [-0.25, -0.2) is 9.97 Å². The number of pyridine rings is 1. The predicted octanol–water partition coefficient (Wildman–Crippen LogP) is 9.02. The van der Waals surface area contributed by atoms with Crippen molar-refractivity contribution in [2.24, 2.45) is 30.7 Å². The van der Waals surface area contributed by atoms with Crippen LogP contribution in [-0.4, -0.2) is 128 Å². The van der Waals surface area contributed by atoms with Crippen molar-refractivity contribution < 1.29 is 92.4 Å². The molecule has 3 heterocycles. The molecule has 444 valence electrons. The Labute approximate surface area is 484 Å². The number of aromatic nitrogens is 3. The average molecular weight is 1310 g/mol. The normalized spacial score (nSPS) is 13.2. The number of thioether (sulfide) groups is 1. The number of fused-ring (bicyclic) bond motifs is 6. The van der Waals surface area contributed by atoms with Crippen molar-refractivity contribution in [2.45, 2.75) is 58.1 Å². The first kappa shape index (κ1) is 62.7. The van der Waals surface area contributed by atoms with E-state index in [0.29, 0.717) is 29.0 Å². The first-order valence-electron chi connectivity index (χ1n) is 23.1. The number of nitrogens with zero attached hydrogens (tertiary/aromatic N) is 10. The lowest BCUT2D eigenvalue weighted by molar-refractivity contribution is 0.317. The molecule has 0 saturated carbocycles. The van der Waals surface area contributed by atoms with Gasteiger partial charge in [-0.15, -0.1) is 37.3 Å². The molecule has 0 bridgehead atoms. The zero-order valence-electron chi connectivity index (χ0n) is 43.0. The molecule has 0 aliphatic heterocycles. The molecular formula is C45H40N10O21S8. The summed E-state index contributed by atoms with van der Waals surface area (Å²) in [5.74, 6) is -2.17. The van der Waals surface area contributed by atoms with Gasteiger partial charge in [-0.05, 0) is 93.0 Å². The zero-order chi connectivity index (χ0) is 61.8. The van der Waals surface area contributed by atoms with E-state index in [1.54, 1.807) is 6.92 Å². The number of thiazole rings is 1. The third-order valence-electron chi connectivity index (χ3n) is 12.0. The van der Waals surface area contributed by atoms with E-state index in [1.165, 1.54) is 45.2 Å². The van der Waals surface area contributed by atoms with Gasteiger partial charge in [0.2, 0.25) is 11.0 Å². The van der Waals surface area contributed by atoms with Gasteiger partial charge < -0.3 is 14.6 Å². The second kappa shape index (κ2) is 23.3. The number of methoxy groups -OCH3 is 1. The van der Waals surface area contributed by atoms with Gasteiger partial charge in [0.15, 0.2) is 11.3 Å². The van der Waals surface area contributed by atoms with Crippen LogP contribution in [0.3, 0.4) is 0 Å². The summed E-state index contributed by atoms with van der Waals surface area (Å²) in [4.78, 5) is 5.09. The molecular weight excluding hydrogens is 1270 g/mol. The van der Waals surface area contributed by atoms with Crippen LogP contribution in [0.2, 0.25) is 0 Å². The lowest BCUT2D eigenvalue weighted by Crippen LogP contribution is -2.08. The Morgan fingerprint density at radius 3 is 1.83 bits per heavy atom. The molecule has 0 fully saturated rings. The van der Waals surface area contributed by atoms with Crippen LogP contribution in [0.15, 0.2) is 110 Å². The number of azo groups is 3. The van der Waals surface area contributed by atoms with Crippen molar-refractivity contribution in [1.82, 2.24) is 14.4 Å². The minimum absolute atomic E-state index is 0.0174. The van der Waals surface area contributed by atoms with Gasteiger partial charge in [0, 0.05) is 33.4 Å². The lowest BCUT2D eigenvalue weighted by Gasteiger charge is -2.12. The van der Waals surface area contributed by atoms with Crippen LogP contribution < -0.4 is 9.47 Å². The van der Waals surface area contributed by atoms with Crippen LogP contribution in [-0.2, 0) is 60.7 Å². The van der Waals surface area contributed by atoms with Gasteiger partial charge in [-0.1, -0.05) is 11.3 Å². The highest BCUT2D eigenvalue weighted by Gasteiger charge is 2.29. The van der Waals surface area contributed by atoms with Crippen molar-refractivity contribution >= 4 is 155 Å². The fourth-order valence-electron chi connectivity index (χ4n) is 8.15. The van der Waals surface area contributed by atoms with E-state index < -0.39 is 114 Å². The van der Waals surface area contributed by atoms with Gasteiger partial charge >= 0.3 is 0 Å². The molecule has 39 heteroatoms. The molecule has 8 aromatic rings. The number of nitriles is 1. The highest BCUT2D eigenvalue weighted by atomic mass is 32.2. The molecule has 5 aromatic carbocycles. The van der Waals surface area contributed by atoms with E-state index in [-0.39, 0.29) is 113 Å². The van der Waals surface area contributed by atoms with Crippen molar-refractivity contribution in [3.8, 4) is 23.4 Å². The molecule has 0 unspecified atom stereocenters. The maximum Gasteiger partial charge on any atom is 0.296 e. The van der Waals surface area contributed by atoms with Crippen LogP contribution in [0, 0.1) is 32.1 Å². The number of aryl methyl sites for hydroxylation is 2. The van der Waals surface area contributed by atoms with Crippen LogP contribution in [0.25, 0.3) is 37.7 Å². The maximum atomic E-state index is 12.6. The molecule has 0 atom stereocenters. The van der Waals surface area contributed by atoms with Crippen LogP contribution in [0.4, 0.5) is 33.6 Å². The Bertz CT molecular complexity index is 4970. The molecule has 0 saturated heterocycles. The Kier molecular flexibility index (Phi) is 17.4. The van der Waals surface area contributed by atoms with E-state index in [2.05, 4.69) is 40.7 Å². The zero-order valence-corrected chi connectivity index (χ0v) is 49.6. The molecule has 0 aliphatic rings. The molecule has 0 spiro atoms. The Balaban J connectivity index is 1.22. The van der Waals surface area contributed by atoms with E-state index in [9.17, 15) is 88.2 Å². The fraction of sp³-hybridized carbons (Fsp3) is 0.222. The molecule has 0 radical (unpaired) electrons.